The van der Waals surface area contributed by atoms with Crippen LogP contribution in [-0.4, -0.2) is 32.1 Å². The fourth-order valence-electron chi connectivity index (χ4n) is 1.04. The van der Waals surface area contributed by atoms with Crippen molar-refractivity contribution in [3.8, 4) is 0 Å². The predicted molar refractivity (Wildman–Crippen MR) is 43.4 cm³/mol. The molecule has 1 rings (SSSR count). The molecule has 1 heterocycles. The molecule has 1 saturated heterocycles. The molecular weight excluding hydrogens is 142 g/mol. The van der Waals surface area contributed by atoms with Gasteiger partial charge < -0.3 is 14.8 Å². The molecule has 0 aromatic rings. The van der Waals surface area contributed by atoms with E-state index >= 15 is 0 Å². The van der Waals surface area contributed by atoms with Crippen LogP contribution in [0.25, 0.3) is 0 Å². The van der Waals surface area contributed by atoms with Gasteiger partial charge in [0.1, 0.15) is 6.79 Å². The first-order chi connectivity index (χ1) is 5.29. The minimum Gasteiger partial charge on any atom is -0.353 e. The number of ether oxygens (including phenoxy) is 2. The molecule has 1 N–H and O–H groups in total. The van der Waals surface area contributed by atoms with E-state index in [4.69, 9.17) is 9.47 Å². The van der Waals surface area contributed by atoms with Crippen molar-refractivity contribution in [1.82, 2.24) is 5.32 Å². The Bertz CT molecular complexity index is 100. The molecule has 0 amide bonds. The van der Waals surface area contributed by atoms with Crippen LogP contribution in [0.15, 0.2) is 0 Å². The highest BCUT2D eigenvalue weighted by Crippen LogP contribution is 2.03. The Hall–Kier alpha value is -0.120. The zero-order valence-electron chi connectivity index (χ0n) is 7.30. The van der Waals surface area contributed by atoms with Crippen molar-refractivity contribution in [2.45, 2.75) is 32.5 Å². The molecular formula is C8H17NO2. The van der Waals surface area contributed by atoms with E-state index in [9.17, 15) is 0 Å². The molecule has 1 atom stereocenters. The normalized spacial score (nSPS) is 24.8. The van der Waals surface area contributed by atoms with Gasteiger partial charge in [0.2, 0.25) is 0 Å². The lowest BCUT2D eigenvalue weighted by atomic mass is 10.3. The van der Waals surface area contributed by atoms with E-state index in [0.717, 1.165) is 19.5 Å². The monoisotopic (exact) mass is 159 g/mol. The molecule has 66 valence electrons. The van der Waals surface area contributed by atoms with Gasteiger partial charge in [0.15, 0.2) is 0 Å². The molecule has 1 unspecified atom stereocenters. The van der Waals surface area contributed by atoms with E-state index in [0.29, 0.717) is 12.9 Å². The van der Waals surface area contributed by atoms with Crippen LogP contribution in [0.1, 0.15) is 20.3 Å². The largest absolute Gasteiger partial charge is 0.353 e. The zero-order valence-corrected chi connectivity index (χ0v) is 7.30. The van der Waals surface area contributed by atoms with Gasteiger partial charge in [0.25, 0.3) is 0 Å². The van der Waals surface area contributed by atoms with Gasteiger partial charge in [0, 0.05) is 6.54 Å². The lowest BCUT2D eigenvalue weighted by Gasteiger charge is -2.12. The topological polar surface area (TPSA) is 30.5 Å². The zero-order chi connectivity index (χ0) is 8.10. The fraction of sp³-hybridized carbons (Fsp3) is 1.00. The average molecular weight is 159 g/mol. The summed E-state index contributed by atoms with van der Waals surface area (Å²) in [5.74, 6) is 0. The second-order valence-corrected chi connectivity index (χ2v) is 3.11. The summed E-state index contributed by atoms with van der Waals surface area (Å²) in [5, 5.41) is 3.23. The highest BCUT2D eigenvalue weighted by molar-refractivity contribution is 4.70. The molecule has 0 aromatic carbocycles. The van der Waals surface area contributed by atoms with E-state index in [1.807, 2.05) is 13.8 Å². The highest BCUT2D eigenvalue weighted by atomic mass is 16.7. The predicted octanol–water partition coefficient (Wildman–Crippen LogP) is 0.747. The van der Waals surface area contributed by atoms with E-state index in [-0.39, 0.29) is 6.10 Å². The second kappa shape index (κ2) is 4.70. The Morgan fingerprint density at radius 3 is 2.91 bits per heavy atom. The van der Waals surface area contributed by atoms with Crippen molar-refractivity contribution in [3.05, 3.63) is 0 Å². The Labute approximate surface area is 68.1 Å². The van der Waals surface area contributed by atoms with E-state index in [1.54, 1.807) is 0 Å². The smallest absolute Gasteiger partial charge is 0.147 e. The van der Waals surface area contributed by atoms with Crippen LogP contribution in [0.5, 0.6) is 0 Å². The summed E-state index contributed by atoms with van der Waals surface area (Å²) in [5.41, 5.74) is 0. The maximum atomic E-state index is 5.43. The van der Waals surface area contributed by atoms with Crippen LogP contribution in [0, 0.1) is 0 Å². The molecule has 3 heteroatoms. The summed E-state index contributed by atoms with van der Waals surface area (Å²) in [7, 11) is 0. The van der Waals surface area contributed by atoms with Gasteiger partial charge in [-0.05, 0) is 26.8 Å². The Balaban J connectivity index is 1.94. The molecule has 0 aliphatic carbocycles. The van der Waals surface area contributed by atoms with Crippen molar-refractivity contribution in [2.75, 3.05) is 19.9 Å². The molecule has 0 radical (unpaired) electrons. The molecule has 0 bridgehead atoms. The van der Waals surface area contributed by atoms with Crippen LogP contribution in [0.4, 0.5) is 0 Å². The first-order valence-corrected chi connectivity index (χ1v) is 4.23. The van der Waals surface area contributed by atoms with E-state index in [2.05, 4.69) is 5.32 Å². The van der Waals surface area contributed by atoms with Crippen molar-refractivity contribution in [2.24, 2.45) is 0 Å². The summed E-state index contributed by atoms with van der Waals surface area (Å²) in [6.07, 6.45) is 1.75. The van der Waals surface area contributed by atoms with Gasteiger partial charge in [0.05, 0.1) is 12.2 Å². The molecule has 1 fully saturated rings. The van der Waals surface area contributed by atoms with Crippen molar-refractivity contribution >= 4 is 0 Å². The average Bonchev–Trinajstić information content (AvgIpc) is 2.39. The van der Waals surface area contributed by atoms with Crippen molar-refractivity contribution in [1.29, 1.82) is 0 Å². The third-order valence-corrected chi connectivity index (χ3v) is 1.72. The first-order valence-electron chi connectivity index (χ1n) is 4.23. The summed E-state index contributed by atoms with van der Waals surface area (Å²) in [6, 6.07) is 0. The molecule has 1 aliphatic heterocycles. The number of hydrogen-bond donors (Lipinski definition) is 1. The number of rotatable bonds is 4. The van der Waals surface area contributed by atoms with Gasteiger partial charge in [-0.1, -0.05) is 0 Å². The van der Waals surface area contributed by atoms with Gasteiger partial charge in [-0.2, -0.15) is 0 Å². The van der Waals surface area contributed by atoms with Gasteiger partial charge >= 0.3 is 0 Å². The summed E-state index contributed by atoms with van der Waals surface area (Å²) < 4.78 is 10.7. The van der Waals surface area contributed by atoms with Crippen molar-refractivity contribution in [3.63, 3.8) is 0 Å². The fourth-order valence-corrected chi connectivity index (χ4v) is 1.04. The SMILES string of the molecule is CC(C)OCOC1CCNC1. The third-order valence-electron chi connectivity index (χ3n) is 1.72. The van der Waals surface area contributed by atoms with E-state index < -0.39 is 0 Å². The lowest BCUT2D eigenvalue weighted by Crippen LogP contribution is -2.19. The van der Waals surface area contributed by atoms with Crippen molar-refractivity contribution < 1.29 is 9.47 Å². The maximum Gasteiger partial charge on any atom is 0.147 e. The van der Waals surface area contributed by atoms with Crippen LogP contribution < -0.4 is 5.32 Å². The number of hydrogen-bond acceptors (Lipinski definition) is 3. The number of nitrogens with one attached hydrogen (secondary N) is 1. The maximum absolute atomic E-state index is 5.43. The summed E-state index contributed by atoms with van der Waals surface area (Å²) in [6.45, 7) is 6.50. The summed E-state index contributed by atoms with van der Waals surface area (Å²) in [4.78, 5) is 0. The Morgan fingerprint density at radius 2 is 2.36 bits per heavy atom. The Kier molecular flexibility index (Phi) is 3.83. The van der Waals surface area contributed by atoms with Crippen LogP contribution >= 0.6 is 0 Å². The first kappa shape index (κ1) is 8.97. The molecule has 11 heavy (non-hydrogen) atoms. The quantitative estimate of drug-likeness (QED) is 0.614. The molecule has 0 saturated carbocycles. The van der Waals surface area contributed by atoms with Crippen LogP contribution in [-0.2, 0) is 9.47 Å². The Morgan fingerprint density at radius 1 is 1.55 bits per heavy atom. The van der Waals surface area contributed by atoms with Gasteiger partial charge in [-0.25, -0.2) is 0 Å². The third kappa shape index (κ3) is 3.70. The van der Waals surface area contributed by atoms with Gasteiger partial charge in [-0.3, -0.25) is 0 Å². The standard InChI is InChI=1S/C8H17NO2/c1-7(2)10-6-11-8-3-4-9-5-8/h7-9H,3-6H2,1-2H3. The molecule has 3 nitrogen and oxygen atoms in total. The second-order valence-electron chi connectivity index (χ2n) is 3.11. The summed E-state index contributed by atoms with van der Waals surface area (Å²) >= 11 is 0. The molecule has 1 aliphatic rings. The van der Waals surface area contributed by atoms with E-state index in [1.165, 1.54) is 0 Å². The molecule has 0 spiro atoms. The highest BCUT2D eigenvalue weighted by Gasteiger charge is 2.14. The van der Waals surface area contributed by atoms with Crippen LogP contribution in [0.2, 0.25) is 0 Å². The minimum absolute atomic E-state index is 0.268. The minimum atomic E-state index is 0.268. The van der Waals surface area contributed by atoms with Crippen LogP contribution in [0.3, 0.4) is 0 Å². The van der Waals surface area contributed by atoms with Gasteiger partial charge in [-0.15, -0.1) is 0 Å². The molecule has 0 aromatic heterocycles. The lowest BCUT2D eigenvalue weighted by molar-refractivity contribution is -0.103.